The standard InChI is InChI=1S/C26H31N7O2/c1-5-22(34)32-13-7-10-21(14-32)33-26-23(25(27)28-16-29-26)24(31-33)17(2)11-12-19(4)35-15-20-9-6-8-18(3)30-20/h5-6,8-9,11-12,16,19,21H,1-2,7,10,13-15H2,3-4H3,(H2,27,28,29)/b12-11-/t19?,21-/m1/s1. The highest BCUT2D eigenvalue weighted by Gasteiger charge is 2.27. The number of carbonyl (C=O) groups excluding carboxylic acids is 1. The largest absolute Gasteiger partial charge is 0.383 e. The SMILES string of the molecule is C=CC(=O)N1CCC[C@@H](n2nc(C(=C)/C=C\C(C)OCc3cccc(C)n3)c3c(N)ncnc32)C1. The summed E-state index contributed by atoms with van der Waals surface area (Å²) in [5.41, 5.74) is 10.0. The van der Waals surface area contributed by atoms with Crippen molar-refractivity contribution in [3.05, 3.63) is 73.0 Å². The molecule has 0 radical (unpaired) electrons. The predicted octanol–water partition coefficient (Wildman–Crippen LogP) is 3.64. The molecule has 2 atom stereocenters. The van der Waals surface area contributed by atoms with Crippen molar-refractivity contribution in [2.45, 2.75) is 45.4 Å². The van der Waals surface area contributed by atoms with E-state index in [1.165, 1.54) is 12.4 Å². The molecule has 0 saturated carbocycles. The van der Waals surface area contributed by atoms with Crippen molar-refractivity contribution in [2.24, 2.45) is 0 Å². The average Bonchev–Trinajstić information content (AvgIpc) is 3.27. The van der Waals surface area contributed by atoms with Crippen LogP contribution in [0.15, 0.2) is 55.9 Å². The fourth-order valence-corrected chi connectivity index (χ4v) is 4.24. The Morgan fingerprint density at radius 3 is 2.97 bits per heavy atom. The highest BCUT2D eigenvalue weighted by molar-refractivity contribution is 5.97. The Morgan fingerprint density at radius 2 is 2.20 bits per heavy atom. The third-order valence-corrected chi connectivity index (χ3v) is 6.06. The summed E-state index contributed by atoms with van der Waals surface area (Å²) in [7, 11) is 0. The van der Waals surface area contributed by atoms with Crippen LogP contribution in [0.2, 0.25) is 0 Å². The quantitative estimate of drug-likeness (QED) is 0.393. The number of piperidine rings is 1. The van der Waals surface area contributed by atoms with Gasteiger partial charge in [0.05, 0.1) is 29.8 Å². The lowest BCUT2D eigenvalue weighted by Crippen LogP contribution is -2.40. The number of ether oxygens (including phenoxy) is 1. The van der Waals surface area contributed by atoms with Crippen molar-refractivity contribution < 1.29 is 9.53 Å². The van der Waals surface area contributed by atoms with Crippen LogP contribution in [0.3, 0.4) is 0 Å². The predicted molar refractivity (Wildman–Crippen MR) is 136 cm³/mol. The van der Waals surface area contributed by atoms with Crippen LogP contribution in [0.25, 0.3) is 16.6 Å². The minimum absolute atomic E-state index is 0.0286. The van der Waals surface area contributed by atoms with E-state index in [2.05, 4.69) is 28.1 Å². The number of aromatic nitrogens is 5. The van der Waals surface area contributed by atoms with Gasteiger partial charge >= 0.3 is 0 Å². The van der Waals surface area contributed by atoms with Crippen molar-refractivity contribution in [3.8, 4) is 0 Å². The number of rotatable bonds is 8. The highest BCUT2D eigenvalue weighted by Crippen LogP contribution is 2.31. The van der Waals surface area contributed by atoms with Gasteiger partial charge in [-0.1, -0.05) is 31.4 Å². The number of nitrogens with two attached hydrogens (primary N) is 1. The minimum atomic E-state index is -0.159. The van der Waals surface area contributed by atoms with E-state index in [4.69, 9.17) is 15.6 Å². The molecule has 0 spiro atoms. The molecule has 9 heteroatoms. The topological polar surface area (TPSA) is 112 Å². The highest BCUT2D eigenvalue weighted by atomic mass is 16.5. The van der Waals surface area contributed by atoms with Gasteiger partial charge in [0.25, 0.3) is 0 Å². The van der Waals surface area contributed by atoms with Crippen LogP contribution in [-0.4, -0.2) is 54.7 Å². The summed E-state index contributed by atoms with van der Waals surface area (Å²) in [6, 6.07) is 5.84. The van der Waals surface area contributed by atoms with Crippen LogP contribution in [0.1, 0.15) is 42.9 Å². The first-order valence-corrected chi connectivity index (χ1v) is 11.7. The maximum atomic E-state index is 12.2. The lowest BCUT2D eigenvalue weighted by molar-refractivity contribution is -0.127. The Balaban J connectivity index is 1.54. The molecule has 9 nitrogen and oxygen atoms in total. The minimum Gasteiger partial charge on any atom is -0.383 e. The first kappa shape index (κ1) is 24.3. The van der Waals surface area contributed by atoms with Crippen molar-refractivity contribution in [2.75, 3.05) is 18.8 Å². The van der Waals surface area contributed by atoms with Crippen LogP contribution >= 0.6 is 0 Å². The number of carbonyl (C=O) groups is 1. The number of nitrogens with zero attached hydrogens (tertiary/aromatic N) is 6. The molecule has 1 fully saturated rings. The lowest BCUT2D eigenvalue weighted by Gasteiger charge is -2.32. The van der Waals surface area contributed by atoms with Crippen molar-refractivity contribution in [1.29, 1.82) is 0 Å². The molecule has 1 aliphatic heterocycles. The zero-order valence-electron chi connectivity index (χ0n) is 20.2. The molecule has 0 aliphatic carbocycles. The average molecular weight is 474 g/mol. The van der Waals surface area contributed by atoms with Gasteiger partial charge in [0.1, 0.15) is 17.8 Å². The van der Waals surface area contributed by atoms with E-state index in [1.807, 2.05) is 48.9 Å². The number of nitrogen functional groups attached to an aromatic ring is 1. The molecule has 1 unspecified atom stereocenters. The van der Waals surface area contributed by atoms with Crippen LogP contribution in [0.5, 0.6) is 0 Å². The second-order valence-corrected chi connectivity index (χ2v) is 8.71. The summed E-state index contributed by atoms with van der Waals surface area (Å²) in [6.07, 6.45) is 8.17. The fraction of sp³-hybridized carbons (Fsp3) is 0.346. The molecule has 1 aliphatic rings. The Morgan fingerprint density at radius 1 is 1.37 bits per heavy atom. The molecule has 4 heterocycles. The van der Waals surface area contributed by atoms with Crippen LogP contribution in [0, 0.1) is 6.92 Å². The van der Waals surface area contributed by atoms with Crippen molar-refractivity contribution in [1.82, 2.24) is 29.6 Å². The smallest absolute Gasteiger partial charge is 0.246 e. The van der Waals surface area contributed by atoms with Crippen LogP contribution in [-0.2, 0) is 16.1 Å². The van der Waals surface area contributed by atoms with E-state index in [9.17, 15) is 4.79 Å². The van der Waals surface area contributed by atoms with E-state index >= 15 is 0 Å². The monoisotopic (exact) mass is 473 g/mol. The molecule has 3 aromatic rings. The maximum absolute atomic E-state index is 12.2. The number of likely N-dealkylation sites (tertiary alicyclic amines) is 1. The van der Waals surface area contributed by atoms with E-state index in [0.29, 0.717) is 47.8 Å². The number of hydrogen-bond acceptors (Lipinski definition) is 7. The molecule has 0 bridgehead atoms. The van der Waals surface area contributed by atoms with Crippen LogP contribution < -0.4 is 5.73 Å². The van der Waals surface area contributed by atoms with Gasteiger partial charge in [-0.2, -0.15) is 5.10 Å². The summed E-state index contributed by atoms with van der Waals surface area (Å²) in [4.78, 5) is 27.1. The van der Waals surface area contributed by atoms with E-state index in [-0.39, 0.29) is 18.1 Å². The molecular formula is C26H31N7O2. The molecule has 1 saturated heterocycles. The van der Waals surface area contributed by atoms with E-state index in [0.717, 1.165) is 24.2 Å². The molecule has 4 rings (SSSR count). The second kappa shape index (κ2) is 10.6. The molecule has 2 N–H and O–H groups in total. The number of fused-ring (bicyclic) bond motifs is 1. The third-order valence-electron chi connectivity index (χ3n) is 6.06. The summed E-state index contributed by atoms with van der Waals surface area (Å²) in [5.74, 6) is 0.262. The van der Waals surface area contributed by atoms with Crippen molar-refractivity contribution >= 4 is 28.3 Å². The number of anilines is 1. The number of aryl methyl sites for hydroxylation is 1. The van der Waals surface area contributed by atoms with Gasteiger partial charge in [0.2, 0.25) is 5.91 Å². The van der Waals surface area contributed by atoms with E-state index < -0.39 is 0 Å². The summed E-state index contributed by atoms with van der Waals surface area (Å²) in [6.45, 7) is 13.4. The van der Waals surface area contributed by atoms with Gasteiger partial charge in [-0.3, -0.25) is 9.78 Å². The van der Waals surface area contributed by atoms with E-state index in [1.54, 1.807) is 4.90 Å². The Bertz CT molecular complexity index is 1280. The van der Waals surface area contributed by atoms with Gasteiger partial charge in [-0.05, 0) is 50.5 Å². The molecule has 0 aromatic carbocycles. The first-order valence-electron chi connectivity index (χ1n) is 11.7. The van der Waals surface area contributed by atoms with Gasteiger partial charge in [0.15, 0.2) is 5.65 Å². The lowest BCUT2D eigenvalue weighted by atomic mass is 10.1. The first-order chi connectivity index (χ1) is 16.9. The molecule has 35 heavy (non-hydrogen) atoms. The Kier molecular flexibility index (Phi) is 7.36. The molecule has 182 valence electrons. The number of hydrogen-bond donors (Lipinski definition) is 1. The Hall–Kier alpha value is -3.85. The maximum Gasteiger partial charge on any atom is 0.246 e. The molecule has 3 aromatic heterocycles. The van der Waals surface area contributed by atoms with Gasteiger partial charge in [0, 0.05) is 18.8 Å². The third kappa shape index (κ3) is 5.46. The zero-order valence-corrected chi connectivity index (χ0v) is 20.2. The summed E-state index contributed by atoms with van der Waals surface area (Å²) < 4.78 is 7.77. The van der Waals surface area contributed by atoms with Crippen molar-refractivity contribution in [3.63, 3.8) is 0 Å². The number of allylic oxidation sites excluding steroid dienone is 2. The summed E-state index contributed by atoms with van der Waals surface area (Å²) >= 11 is 0. The van der Waals surface area contributed by atoms with Gasteiger partial charge in [-0.15, -0.1) is 0 Å². The van der Waals surface area contributed by atoms with Crippen LogP contribution in [0.4, 0.5) is 5.82 Å². The Labute approximate surface area is 205 Å². The molecule has 1 amide bonds. The fourth-order valence-electron chi connectivity index (χ4n) is 4.24. The second-order valence-electron chi connectivity index (χ2n) is 8.71. The summed E-state index contributed by atoms with van der Waals surface area (Å²) in [5, 5.41) is 5.50. The van der Waals surface area contributed by atoms with Gasteiger partial charge in [-0.25, -0.2) is 14.6 Å². The van der Waals surface area contributed by atoms with Gasteiger partial charge < -0.3 is 15.4 Å². The molecular weight excluding hydrogens is 442 g/mol. The number of amides is 1. The normalized spacial score (nSPS) is 17.1. The number of pyridine rings is 1. The zero-order chi connectivity index (χ0) is 24.9.